The number of carbonyl (C=O) groups is 3. The highest BCUT2D eigenvalue weighted by Gasteiger charge is 2.28. The summed E-state index contributed by atoms with van der Waals surface area (Å²) in [7, 11) is 0. The highest BCUT2D eigenvalue weighted by atomic mass is 32.1. The van der Waals surface area contributed by atoms with Crippen molar-refractivity contribution in [3.05, 3.63) is 15.8 Å². The Morgan fingerprint density at radius 2 is 2.28 bits per heavy atom. The SMILES string of the molecule is Cc1csc(C(=O)O)c1NC(=O)[C@H]1CCC(=O)N1. The van der Waals surface area contributed by atoms with Crippen LogP contribution in [0.3, 0.4) is 0 Å². The number of anilines is 1. The molecule has 0 aromatic carbocycles. The van der Waals surface area contributed by atoms with E-state index < -0.39 is 12.0 Å². The van der Waals surface area contributed by atoms with Crippen LogP contribution >= 0.6 is 11.3 Å². The number of aromatic carboxylic acids is 1. The molecule has 0 spiro atoms. The van der Waals surface area contributed by atoms with Crippen LogP contribution in [0.2, 0.25) is 0 Å². The number of nitrogens with one attached hydrogen (secondary N) is 2. The summed E-state index contributed by atoms with van der Waals surface area (Å²) in [6, 6.07) is -0.571. The fourth-order valence-electron chi connectivity index (χ4n) is 1.78. The van der Waals surface area contributed by atoms with Crippen LogP contribution in [-0.2, 0) is 9.59 Å². The van der Waals surface area contributed by atoms with Crippen molar-refractivity contribution in [3.8, 4) is 0 Å². The number of carboxylic acid groups (broad SMARTS) is 1. The molecule has 2 heterocycles. The number of hydrogen-bond donors (Lipinski definition) is 3. The molecule has 1 aliphatic heterocycles. The Balaban J connectivity index is 2.14. The normalized spacial score (nSPS) is 18.5. The van der Waals surface area contributed by atoms with Crippen LogP contribution in [0.25, 0.3) is 0 Å². The monoisotopic (exact) mass is 268 g/mol. The Morgan fingerprint density at radius 3 is 2.83 bits per heavy atom. The Kier molecular flexibility index (Phi) is 3.33. The van der Waals surface area contributed by atoms with Gasteiger partial charge in [0, 0.05) is 6.42 Å². The van der Waals surface area contributed by atoms with E-state index in [9.17, 15) is 14.4 Å². The zero-order chi connectivity index (χ0) is 13.3. The highest BCUT2D eigenvalue weighted by Crippen LogP contribution is 2.28. The van der Waals surface area contributed by atoms with Crippen LogP contribution in [0, 0.1) is 6.92 Å². The van der Waals surface area contributed by atoms with E-state index in [-0.39, 0.29) is 16.7 Å². The summed E-state index contributed by atoms with van der Waals surface area (Å²) in [4.78, 5) is 34.0. The molecule has 1 saturated heterocycles. The minimum Gasteiger partial charge on any atom is -0.477 e. The summed E-state index contributed by atoms with van der Waals surface area (Å²) < 4.78 is 0. The minimum absolute atomic E-state index is 0.102. The van der Waals surface area contributed by atoms with Gasteiger partial charge in [-0.2, -0.15) is 0 Å². The molecule has 2 amide bonds. The lowest BCUT2D eigenvalue weighted by molar-refractivity contribution is -0.122. The molecule has 1 atom stereocenters. The van der Waals surface area contributed by atoms with Crippen molar-refractivity contribution in [1.82, 2.24) is 5.32 Å². The van der Waals surface area contributed by atoms with Crippen molar-refractivity contribution in [2.24, 2.45) is 0 Å². The number of rotatable bonds is 3. The zero-order valence-corrected chi connectivity index (χ0v) is 10.5. The number of aryl methyl sites for hydroxylation is 1. The van der Waals surface area contributed by atoms with Gasteiger partial charge in [0.2, 0.25) is 11.8 Å². The van der Waals surface area contributed by atoms with E-state index in [1.807, 2.05) is 0 Å². The predicted octanol–water partition coefficient (Wildman–Crippen LogP) is 0.972. The summed E-state index contributed by atoms with van der Waals surface area (Å²) in [5, 5.41) is 15.8. The molecule has 96 valence electrons. The van der Waals surface area contributed by atoms with E-state index in [1.165, 1.54) is 0 Å². The predicted molar refractivity (Wildman–Crippen MR) is 65.8 cm³/mol. The van der Waals surface area contributed by atoms with Crippen LogP contribution in [0.15, 0.2) is 5.38 Å². The first-order valence-electron chi connectivity index (χ1n) is 5.40. The van der Waals surface area contributed by atoms with Gasteiger partial charge in [0.05, 0.1) is 5.69 Å². The first-order valence-corrected chi connectivity index (χ1v) is 6.28. The molecular formula is C11H12N2O4S. The minimum atomic E-state index is -1.07. The second kappa shape index (κ2) is 4.77. The van der Waals surface area contributed by atoms with Crippen molar-refractivity contribution in [3.63, 3.8) is 0 Å². The fraction of sp³-hybridized carbons (Fsp3) is 0.364. The van der Waals surface area contributed by atoms with E-state index in [0.717, 1.165) is 11.3 Å². The summed E-state index contributed by atoms with van der Waals surface area (Å²) in [6.07, 6.45) is 0.767. The molecule has 1 aromatic rings. The molecule has 7 heteroatoms. The number of carboxylic acids is 1. The average Bonchev–Trinajstić information content (AvgIpc) is 2.87. The molecule has 6 nitrogen and oxygen atoms in total. The van der Waals surface area contributed by atoms with Gasteiger partial charge in [-0.15, -0.1) is 11.3 Å². The maximum Gasteiger partial charge on any atom is 0.348 e. The molecular weight excluding hydrogens is 256 g/mol. The van der Waals surface area contributed by atoms with Crippen LogP contribution in [0.4, 0.5) is 5.69 Å². The maximum atomic E-state index is 11.9. The van der Waals surface area contributed by atoms with Gasteiger partial charge >= 0.3 is 5.97 Å². The molecule has 1 aromatic heterocycles. The van der Waals surface area contributed by atoms with Gasteiger partial charge in [-0.1, -0.05) is 0 Å². The van der Waals surface area contributed by atoms with Gasteiger partial charge in [-0.25, -0.2) is 4.79 Å². The van der Waals surface area contributed by atoms with E-state index in [2.05, 4.69) is 10.6 Å². The largest absolute Gasteiger partial charge is 0.477 e. The van der Waals surface area contributed by atoms with Gasteiger partial charge in [0.15, 0.2) is 0 Å². The molecule has 3 N–H and O–H groups in total. The molecule has 0 bridgehead atoms. The van der Waals surface area contributed by atoms with Gasteiger partial charge in [-0.05, 0) is 24.3 Å². The average molecular weight is 268 g/mol. The van der Waals surface area contributed by atoms with Crippen LogP contribution in [0.5, 0.6) is 0 Å². The van der Waals surface area contributed by atoms with E-state index >= 15 is 0 Å². The quantitative estimate of drug-likeness (QED) is 0.761. The van der Waals surface area contributed by atoms with Crippen molar-refractivity contribution >= 4 is 34.8 Å². The zero-order valence-electron chi connectivity index (χ0n) is 9.65. The summed E-state index contributed by atoms with van der Waals surface area (Å²) in [6.45, 7) is 1.73. The lowest BCUT2D eigenvalue weighted by Crippen LogP contribution is -2.37. The first-order chi connectivity index (χ1) is 8.49. The summed E-state index contributed by atoms with van der Waals surface area (Å²) >= 11 is 1.07. The second-order valence-corrected chi connectivity index (χ2v) is 4.96. The standard InChI is InChI=1S/C11H12N2O4S/c1-5-4-18-9(11(16)17)8(5)13-10(15)6-2-3-7(14)12-6/h4,6H,2-3H2,1H3,(H,12,14)(H,13,15)(H,16,17)/t6-/m1/s1. The van der Waals surface area contributed by atoms with E-state index in [0.29, 0.717) is 24.1 Å². The third kappa shape index (κ3) is 2.35. The fourth-order valence-corrected chi connectivity index (χ4v) is 2.62. The topological polar surface area (TPSA) is 95.5 Å². The molecule has 0 aliphatic carbocycles. The molecule has 0 unspecified atom stereocenters. The van der Waals surface area contributed by atoms with Gasteiger partial charge in [-0.3, -0.25) is 9.59 Å². The number of thiophene rings is 1. The van der Waals surface area contributed by atoms with Gasteiger partial charge < -0.3 is 15.7 Å². The Morgan fingerprint density at radius 1 is 1.56 bits per heavy atom. The highest BCUT2D eigenvalue weighted by molar-refractivity contribution is 7.12. The Labute approximate surface area is 107 Å². The van der Waals surface area contributed by atoms with E-state index in [4.69, 9.17) is 5.11 Å². The van der Waals surface area contributed by atoms with Crippen LogP contribution in [0.1, 0.15) is 28.1 Å². The Hall–Kier alpha value is -1.89. The van der Waals surface area contributed by atoms with Crippen LogP contribution < -0.4 is 10.6 Å². The lowest BCUT2D eigenvalue weighted by atomic mass is 10.2. The number of hydrogen-bond acceptors (Lipinski definition) is 4. The number of amides is 2. The first kappa shape index (κ1) is 12.6. The van der Waals surface area contributed by atoms with Crippen molar-refractivity contribution < 1.29 is 19.5 Å². The molecule has 1 aliphatic rings. The molecule has 0 saturated carbocycles. The third-order valence-corrected chi connectivity index (χ3v) is 3.82. The summed E-state index contributed by atoms with van der Waals surface area (Å²) in [5.74, 6) is -1.60. The number of carbonyl (C=O) groups excluding carboxylic acids is 2. The Bertz CT molecular complexity index is 523. The molecule has 2 rings (SSSR count). The molecule has 0 radical (unpaired) electrons. The van der Waals surface area contributed by atoms with Crippen molar-refractivity contribution in [2.45, 2.75) is 25.8 Å². The summed E-state index contributed by atoms with van der Waals surface area (Å²) in [5.41, 5.74) is 1.02. The van der Waals surface area contributed by atoms with Gasteiger partial charge in [0.25, 0.3) is 0 Å². The van der Waals surface area contributed by atoms with Crippen LogP contribution in [-0.4, -0.2) is 28.9 Å². The van der Waals surface area contributed by atoms with Crippen molar-refractivity contribution in [1.29, 1.82) is 0 Å². The van der Waals surface area contributed by atoms with Gasteiger partial charge in [0.1, 0.15) is 10.9 Å². The molecule has 1 fully saturated rings. The third-order valence-electron chi connectivity index (χ3n) is 2.73. The maximum absolute atomic E-state index is 11.9. The lowest BCUT2D eigenvalue weighted by Gasteiger charge is -2.11. The second-order valence-electron chi connectivity index (χ2n) is 4.08. The smallest absolute Gasteiger partial charge is 0.348 e. The molecule has 18 heavy (non-hydrogen) atoms. The van der Waals surface area contributed by atoms with E-state index in [1.54, 1.807) is 12.3 Å². The van der Waals surface area contributed by atoms with Crippen molar-refractivity contribution in [2.75, 3.05) is 5.32 Å².